The number of carbonyl (C=O) groups excluding carboxylic acids is 1. The van der Waals surface area contributed by atoms with E-state index in [4.69, 9.17) is 0 Å². The number of alkyl halides is 1. The van der Waals surface area contributed by atoms with Crippen molar-refractivity contribution < 1.29 is 9.18 Å². The monoisotopic (exact) mass is 287 g/mol. The second-order valence-electron chi connectivity index (χ2n) is 4.45. The van der Waals surface area contributed by atoms with Crippen LogP contribution >= 0.6 is 15.9 Å². The van der Waals surface area contributed by atoms with Crippen LogP contribution in [-0.2, 0) is 0 Å². The Balaban J connectivity index is 2.89. The van der Waals surface area contributed by atoms with Gasteiger partial charge in [0.2, 0.25) is 0 Å². The molecule has 16 heavy (non-hydrogen) atoms. The van der Waals surface area contributed by atoms with Crippen molar-refractivity contribution >= 4 is 21.8 Å². The van der Waals surface area contributed by atoms with Gasteiger partial charge in [-0.1, -0.05) is 22.0 Å². The van der Waals surface area contributed by atoms with Crippen LogP contribution in [0.4, 0.5) is 4.39 Å². The largest absolute Gasteiger partial charge is 0.346 e. The van der Waals surface area contributed by atoms with E-state index in [1.54, 1.807) is 13.0 Å². The van der Waals surface area contributed by atoms with Crippen molar-refractivity contribution in [1.82, 2.24) is 5.32 Å². The lowest BCUT2D eigenvalue weighted by Gasteiger charge is -2.23. The summed E-state index contributed by atoms with van der Waals surface area (Å²) in [5, 5.41) is 3.37. The summed E-state index contributed by atoms with van der Waals surface area (Å²) in [6.07, 6.45) is 0. The summed E-state index contributed by atoms with van der Waals surface area (Å²) < 4.78 is 13.5. The average Bonchev–Trinajstić information content (AvgIpc) is 2.16. The number of rotatable bonds is 3. The first kappa shape index (κ1) is 13.2. The van der Waals surface area contributed by atoms with Crippen LogP contribution < -0.4 is 5.32 Å². The summed E-state index contributed by atoms with van der Waals surface area (Å²) in [7, 11) is 0. The number of nitrogens with one attached hydrogen (secondary N) is 1. The van der Waals surface area contributed by atoms with E-state index in [1.807, 2.05) is 13.8 Å². The molecule has 0 heterocycles. The van der Waals surface area contributed by atoms with Gasteiger partial charge in [0.15, 0.2) is 0 Å². The molecular formula is C12H15BrFNO. The molecule has 1 rings (SSSR count). The molecule has 4 heteroatoms. The maximum Gasteiger partial charge on any atom is 0.254 e. The Kier molecular flexibility index (Phi) is 4.08. The van der Waals surface area contributed by atoms with Crippen LogP contribution in [0.2, 0.25) is 0 Å². The number of hydrogen-bond donors (Lipinski definition) is 1. The van der Waals surface area contributed by atoms with Crippen LogP contribution in [0.3, 0.4) is 0 Å². The first-order chi connectivity index (χ1) is 7.35. The highest BCUT2D eigenvalue weighted by Crippen LogP contribution is 2.12. The second-order valence-corrected chi connectivity index (χ2v) is 5.02. The number of amides is 1. The smallest absolute Gasteiger partial charge is 0.254 e. The standard InChI is InChI=1S/C12H15BrFNO/c1-8-4-5-9(10(14)6-8)11(16)15-12(2,3)7-13/h4-6H,7H2,1-3H3,(H,15,16). The Bertz CT molecular complexity index is 404. The molecule has 0 fully saturated rings. The predicted molar refractivity (Wildman–Crippen MR) is 66.5 cm³/mol. The maximum atomic E-state index is 13.5. The van der Waals surface area contributed by atoms with Gasteiger partial charge in [0, 0.05) is 10.9 Å². The zero-order valence-corrected chi connectivity index (χ0v) is 11.2. The Morgan fingerprint density at radius 1 is 1.50 bits per heavy atom. The van der Waals surface area contributed by atoms with E-state index in [1.165, 1.54) is 12.1 Å². The van der Waals surface area contributed by atoms with Gasteiger partial charge in [-0.2, -0.15) is 0 Å². The van der Waals surface area contributed by atoms with Gasteiger partial charge < -0.3 is 5.32 Å². The average molecular weight is 288 g/mol. The van der Waals surface area contributed by atoms with E-state index in [-0.39, 0.29) is 11.5 Å². The molecule has 0 saturated heterocycles. The third-order valence-corrected chi connectivity index (χ3v) is 3.56. The molecule has 0 bridgehead atoms. The number of benzene rings is 1. The molecule has 0 aliphatic carbocycles. The Morgan fingerprint density at radius 2 is 2.12 bits per heavy atom. The van der Waals surface area contributed by atoms with Crippen molar-refractivity contribution in [3.63, 3.8) is 0 Å². The molecule has 0 aliphatic rings. The van der Waals surface area contributed by atoms with E-state index >= 15 is 0 Å². The summed E-state index contributed by atoms with van der Waals surface area (Å²) in [6.45, 7) is 5.52. The molecule has 1 aromatic carbocycles. The first-order valence-electron chi connectivity index (χ1n) is 5.00. The zero-order valence-electron chi connectivity index (χ0n) is 9.60. The van der Waals surface area contributed by atoms with Crippen molar-refractivity contribution in [1.29, 1.82) is 0 Å². The van der Waals surface area contributed by atoms with Crippen LogP contribution in [-0.4, -0.2) is 16.8 Å². The molecule has 0 saturated carbocycles. The molecule has 0 unspecified atom stereocenters. The summed E-state index contributed by atoms with van der Waals surface area (Å²) >= 11 is 3.29. The normalized spacial score (nSPS) is 11.3. The van der Waals surface area contributed by atoms with E-state index in [0.29, 0.717) is 5.33 Å². The molecular weight excluding hydrogens is 273 g/mol. The van der Waals surface area contributed by atoms with E-state index in [9.17, 15) is 9.18 Å². The minimum absolute atomic E-state index is 0.0830. The van der Waals surface area contributed by atoms with E-state index in [2.05, 4.69) is 21.2 Å². The van der Waals surface area contributed by atoms with Gasteiger partial charge in [-0.25, -0.2) is 4.39 Å². The van der Waals surface area contributed by atoms with Gasteiger partial charge in [0.1, 0.15) is 5.82 Å². The fourth-order valence-electron chi connectivity index (χ4n) is 1.21. The zero-order chi connectivity index (χ0) is 12.3. The first-order valence-corrected chi connectivity index (χ1v) is 6.12. The quantitative estimate of drug-likeness (QED) is 0.851. The SMILES string of the molecule is Cc1ccc(C(=O)NC(C)(C)CBr)c(F)c1. The number of carbonyl (C=O) groups is 1. The van der Waals surface area contributed by atoms with Gasteiger partial charge in [0.25, 0.3) is 5.91 Å². The van der Waals surface area contributed by atoms with Crippen LogP contribution in [0.25, 0.3) is 0 Å². The fraction of sp³-hybridized carbons (Fsp3) is 0.417. The Hall–Kier alpha value is -0.900. The van der Waals surface area contributed by atoms with Crippen molar-refractivity contribution in [2.45, 2.75) is 26.3 Å². The fourth-order valence-corrected chi connectivity index (χ4v) is 1.35. The molecule has 0 atom stereocenters. The molecule has 1 aromatic rings. The van der Waals surface area contributed by atoms with Crippen LogP contribution in [0.1, 0.15) is 29.8 Å². The minimum atomic E-state index is -0.483. The third-order valence-electron chi connectivity index (χ3n) is 2.16. The van der Waals surface area contributed by atoms with Crippen LogP contribution in [0, 0.1) is 12.7 Å². The number of aryl methyl sites for hydroxylation is 1. The lowest BCUT2D eigenvalue weighted by atomic mass is 10.1. The van der Waals surface area contributed by atoms with Crippen molar-refractivity contribution in [3.8, 4) is 0 Å². The molecule has 88 valence electrons. The number of hydrogen-bond acceptors (Lipinski definition) is 1. The van der Waals surface area contributed by atoms with Crippen molar-refractivity contribution in [2.24, 2.45) is 0 Å². The van der Waals surface area contributed by atoms with E-state index < -0.39 is 11.4 Å². The predicted octanol–water partition coefficient (Wildman–Crippen LogP) is 3.04. The second kappa shape index (κ2) is 4.95. The van der Waals surface area contributed by atoms with Crippen molar-refractivity contribution in [3.05, 3.63) is 35.1 Å². The highest BCUT2D eigenvalue weighted by molar-refractivity contribution is 9.09. The van der Waals surface area contributed by atoms with Gasteiger partial charge in [-0.05, 0) is 38.5 Å². The molecule has 0 radical (unpaired) electrons. The van der Waals surface area contributed by atoms with E-state index in [0.717, 1.165) is 5.56 Å². The van der Waals surface area contributed by atoms with Gasteiger partial charge in [-0.3, -0.25) is 4.79 Å². The Morgan fingerprint density at radius 3 is 2.62 bits per heavy atom. The van der Waals surface area contributed by atoms with Crippen LogP contribution in [0.5, 0.6) is 0 Å². The van der Waals surface area contributed by atoms with Gasteiger partial charge in [-0.15, -0.1) is 0 Å². The third kappa shape index (κ3) is 3.30. The molecule has 0 aromatic heterocycles. The minimum Gasteiger partial charge on any atom is -0.346 e. The number of halogens is 2. The van der Waals surface area contributed by atoms with Gasteiger partial charge in [0.05, 0.1) is 5.56 Å². The molecule has 0 aliphatic heterocycles. The molecule has 0 spiro atoms. The summed E-state index contributed by atoms with van der Waals surface area (Å²) in [6, 6.07) is 4.58. The molecule has 1 amide bonds. The summed E-state index contributed by atoms with van der Waals surface area (Å²) in [5.41, 5.74) is 0.488. The highest BCUT2D eigenvalue weighted by Gasteiger charge is 2.21. The lowest BCUT2D eigenvalue weighted by Crippen LogP contribution is -2.45. The topological polar surface area (TPSA) is 29.1 Å². The lowest BCUT2D eigenvalue weighted by molar-refractivity contribution is 0.0917. The molecule has 1 N–H and O–H groups in total. The summed E-state index contributed by atoms with van der Waals surface area (Å²) in [4.78, 5) is 11.8. The maximum absolute atomic E-state index is 13.5. The highest BCUT2D eigenvalue weighted by atomic mass is 79.9. The van der Waals surface area contributed by atoms with Crippen molar-refractivity contribution in [2.75, 3.05) is 5.33 Å². The molecule has 2 nitrogen and oxygen atoms in total. The Labute approximate surface area is 103 Å². The van der Waals surface area contributed by atoms with Crippen LogP contribution in [0.15, 0.2) is 18.2 Å². The summed E-state index contributed by atoms with van der Waals surface area (Å²) in [5.74, 6) is -0.871. The van der Waals surface area contributed by atoms with Gasteiger partial charge >= 0.3 is 0 Å².